The van der Waals surface area contributed by atoms with Crippen LogP contribution in [0.1, 0.15) is 45.3 Å². The zero-order valence-electron chi connectivity index (χ0n) is 15.3. The van der Waals surface area contributed by atoms with E-state index < -0.39 is 0 Å². The lowest BCUT2D eigenvalue weighted by Crippen LogP contribution is -2.47. The fraction of sp³-hybridized carbons (Fsp3) is 0.812. The summed E-state index contributed by atoms with van der Waals surface area (Å²) in [6.07, 6.45) is 2.56. The Bertz CT molecular complexity index is 527. The van der Waals surface area contributed by atoms with E-state index in [9.17, 15) is 0 Å². The summed E-state index contributed by atoms with van der Waals surface area (Å²) in [6, 6.07) is 0. The van der Waals surface area contributed by atoms with Crippen molar-refractivity contribution in [3.05, 3.63) is 11.7 Å². The minimum absolute atomic E-state index is 0. The predicted octanol–water partition coefficient (Wildman–Crippen LogP) is 2.50. The Morgan fingerprint density at radius 3 is 2.67 bits per heavy atom. The molecule has 0 spiro atoms. The number of guanidine groups is 1. The van der Waals surface area contributed by atoms with Crippen molar-refractivity contribution in [2.24, 2.45) is 16.3 Å². The molecule has 24 heavy (non-hydrogen) atoms. The summed E-state index contributed by atoms with van der Waals surface area (Å²) in [5.41, 5.74) is 0.145. The largest absolute Gasteiger partial charge is 0.377 e. The molecule has 1 aliphatic heterocycles. The van der Waals surface area contributed by atoms with E-state index in [2.05, 4.69) is 46.5 Å². The molecule has 1 saturated heterocycles. The summed E-state index contributed by atoms with van der Waals surface area (Å²) >= 11 is 0. The molecule has 1 fully saturated rings. The number of nitrogens with one attached hydrogen (secondary N) is 2. The molecule has 0 saturated carbocycles. The first-order valence-corrected chi connectivity index (χ1v) is 8.25. The molecule has 138 valence electrons. The minimum atomic E-state index is 0. The topological polar surface area (TPSA) is 84.6 Å². The number of halogens is 1. The van der Waals surface area contributed by atoms with Crippen molar-refractivity contribution in [3.63, 3.8) is 0 Å². The van der Waals surface area contributed by atoms with Crippen molar-refractivity contribution in [2.75, 3.05) is 20.2 Å². The standard InChI is InChI=1S/C16H29N5O2.HI/c1-11-20-13(21-23-11)10-19-15(17-5)18-9-12-7-6-8-22-14(12)16(2,3)4;/h12,14H,6-10H2,1-5H3,(H2,17,18,19);1H. The fourth-order valence-corrected chi connectivity index (χ4v) is 3.03. The second-order valence-corrected chi connectivity index (χ2v) is 7.10. The summed E-state index contributed by atoms with van der Waals surface area (Å²) in [5, 5.41) is 10.5. The molecule has 2 unspecified atom stereocenters. The highest BCUT2D eigenvalue weighted by Gasteiger charge is 2.35. The van der Waals surface area contributed by atoms with Crippen molar-refractivity contribution >= 4 is 29.9 Å². The second kappa shape index (κ2) is 9.55. The molecule has 8 heteroatoms. The van der Waals surface area contributed by atoms with Gasteiger partial charge in [0.2, 0.25) is 5.89 Å². The molecular formula is C16H30IN5O2. The van der Waals surface area contributed by atoms with Gasteiger partial charge in [0, 0.05) is 33.0 Å². The molecule has 2 rings (SSSR count). The van der Waals surface area contributed by atoms with Crippen LogP contribution in [-0.2, 0) is 11.3 Å². The molecule has 0 aliphatic carbocycles. The van der Waals surface area contributed by atoms with E-state index >= 15 is 0 Å². The van der Waals surface area contributed by atoms with Crippen LogP contribution in [0.4, 0.5) is 0 Å². The average molecular weight is 451 g/mol. The third kappa shape index (κ3) is 6.19. The zero-order valence-corrected chi connectivity index (χ0v) is 17.6. The van der Waals surface area contributed by atoms with E-state index in [-0.39, 0.29) is 35.5 Å². The number of hydrogen-bond donors (Lipinski definition) is 2. The van der Waals surface area contributed by atoms with Crippen molar-refractivity contribution in [1.82, 2.24) is 20.8 Å². The molecule has 1 aliphatic rings. The van der Waals surface area contributed by atoms with Gasteiger partial charge in [-0.15, -0.1) is 24.0 Å². The number of aliphatic imine (C=N–C) groups is 1. The Morgan fingerprint density at radius 2 is 2.08 bits per heavy atom. The lowest BCUT2D eigenvalue weighted by atomic mass is 9.78. The number of rotatable bonds is 4. The predicted molar refractivity (Wildman–Crippen MR) is 105 cm³/mol. The van der Waals surface area contributed by atoms with Crippen molar-refractivity contribution in [3.8, 4) is 0 Å². The van der Waals surface area contributed by atoms with Crippen LogP contribution in [0.25, 0.3) is 0 Å². The third-order valence-corrected chi connectivity index (χ3v) is 4.04. The molecule has 0 bridgehead atoms. The monoisotopic (exact) mass is 451 g/mol. The third-order valence-electron chi connectivity index (χ3n) is 4.04. The number of aromatic nitrogens is 2. The molecule has 1 aromatic heterocycles. The number of aryl methyl sites for hydroxylation is 1. The Balaban J connectivity index is 0.00000288. The molecule has 7 nitrogen and oxygen atoms in total. The van der Waals surface area contributed by atoms with Gasteiger partial charge in [-0.25, -0.2) is 0 Å². The van der Waals surface area contributed by atoms with Crippen LogP contribution in [0.5, 0.6) is 0 Å². The highest BCUT2D eigenvalue weighted by molar-refractivity contribution is 14.0. The van der Waals surface area contributed by atoms with Crippen LogP contribution in [-0.4, -0.2) is 42.4 Å². The lowest BCUT2D eigenvalue weighted by Gasteiger charge is -2.40. The first-order valence-electron chi connectivity index (χ1n) is 8.25. The Hall–Kier alpha value is -0.900. The maximum Gasteiger partial charge on any atom is 0.223 e. The minimum Gasteiger partial charge on any atom is -0.377 e. The maximum absolute atomic E-state index is 6.02. The van der Waals surface area contributed by atoms with E-state index in [1.165, 1.54) is 6.42 Å². The Kier molecular flexibility index (Phi) is 8.41. The summed E-state index contributed by atoms with van der Waals surface area (Å²) in [6.45, 7) is 10.7. The quantitative estimate of drug-likeness (QED) is 0.416. The van der Waals surface area contributed by atoms with Gasteiger partial charge >= 0.3 is 0 Å². The van der Waals surface area contributed by atoms with Gasteiger partial charge < -0.3 is 19.9 Å². The summed E-state index contributed by atoms with van der Waals surface area (Å²) < 4.78 is 11.0. The van der Waals surface area contributed by atoms with Gasteiger partial charge in [0.1, 0.15) is 0 Å². The van der Waals surface area contributed by atoms with Crippen molar-refractivity contribution in [2.45, 2.75) is 53.2 Å². The van der Waals surface area contributed by atoms with Crippen molar-refractivity contribution < 1.29 is 9.26 Å². The first kappa shape index (κ1) is 21.1. The first-order chi connectivity index (χ1) is 10.9. The van der Waals surface area contributed by atoms with Gasteiger partial charge in [-0.1, -0.05) is 25.9 Å². The van der Waals surface area contributed by atoms with E-state index in [0.717, 1.165) is 25.5 Å². The van der Waals surface area contributed by atoms with Crippen molar-refractivity contribution in [1.29, 1.82) is 0 Å². The van der Waals surface area contributed by atoms with Crippen LogP contribution < -0.4 is 10.6 Å². The summed E-state index contributed by atoms with van der Waals surface area (Å²) in [4.78, 5) is 8.42. The summed E-state index contributed by atoms with van der Waals surface area (Å²) in [5.74, 6) is 2.41. The maximum atomic E-state index is 6.02. The normalized spacial score (nSPS) is 22.0. The van der Waals surface area contributed by atoms with E-state index in [1.54, 1.807) is 14.0 Å². The smallest absolute Gasteiger partial charge is 0.223 e. The van der Waals surface area contributed by atoms with Crippen LogP contribution in [0.3, 0.4) is 0 Å². The molecule has 0 amide bonds. The van der Waals surface area contributed by atoms with Gasteiger partial charge in [-0.2, -0.15) is 4.98 Å². The van der Waals surface area contributed by atoms with Crippen LogP contribution >= 0.6 is 24.0 Å². The average Bonchev–Trinajstić information content (AvgIpc) is 2.92. The highest BCUT2D eigenvalue weighted by Crippen LogP contribution is 2.33. The van der Waals surface area contributed by atoms with Gasteiger partial charge in [0.15, 0.2) is 11.8 Å². The van der Waals surface area contributed by atoms with Gasteiger partial charge in [0.05, 0.1) is 12.6 Å². The van der Waals surface area contributed by atoms with Gasteiger partial charge in [0.25, 0.3) is 0 Å². The molecular weight excluding hydrogens is 421 g/mol. The van der Waals surface area contributed by atoms with Crippen LogP contribution in [0.2, 0.25) is 0 Å². The van der Waals surface area contributed by atoms with Gasteiger partial charge in [-0.05, 0) is 18.3 Å². The fourth-order valence-electron chi connectivity index (χ4n) is 3.03. The molecule has 1 aromatic rings. The molecule has 0 aromatic carbocycles. The molecule has 2 N–H and O–H groups in total. The van der Waals surface area contributed by atoms with E-state index in [1.807, 2.05) is 0 Å². The SMILES string of the molecule is CN=C(NCc1noc(C)n1)NCC1CCCOC1C(C)(C)C.I. The summed E-state index contributed by atoms with van der Waals surface area (Å²) in [7, 11) is 1.76. The number of nitrogens with zero attached hydrogens (tertiary/aromatic N) is 3. The molecule has 2 atom stereocenters. The number of ether oxygens (including phenoxy) is 1. The van der Waals surface area contributed by atoms with E-state index in [0.29, 0.717) is 24.2 Å². The molecule has 0 radical (unpaired) electrons. The Labute approximate surface area is 161 Å². The lowest BCUT2D eigenvalue weighted by molar-refractivity contribution is -0.0835. The van der Waals surface area contributed by atoms with Crippen LogP contribution in [0, 0.1) is 18.3 Å². The molecule has 2 heterocycles. The van der Waals surface area contributed by atoms with E-state index in [4.69, 9.17) is 9.26 Å². The van der Waals surface area contributed by atoms with Gasteiger partial charge in [-0.3, -0.25) is 4.99 Å². The Morgan fingerprint density at radius 1 is 1.33 bits per heavy atom. The number of hydrogen-bond acceptors (Lipinski definition) is 5. The van der Waals surface area contributed by atoms with Crippen LogP contribution in [0.15, 0.2) is 9.52 Å². The second-order valence-electron chi connectivity index (χ2n) is 7.10. The highest BCUT2D eigenvalue weighted by atomic mass is 127. The zero-order chi connectivity index (χ0) is 16.9.